The fraction of sp³-hybridized carbons (Fsp3) is 0.319. The van der Waals surface area contributed by atoms with Gasteiger partial charge in [0.1, 0.15) is 18.8 Å². The van der Waals surface area contributed by atoms with Crippen LogP contribution in [0.5, 0.6) is 0 Å². The minimum Gasteiger partial charge on any atom is -0.454 e. The van der Waals surface area contributed by atoms with E-state index in [1.54, 1.807) is 36.4 Å². The van der Waals surface area contributed by atoms with E-state index in [0.717, 1.165) is 27.8 Å². The molecule has 304 valence electrons. The Kier molecular flexibility index (Phi) is 16.4. The predicted molar refractivity (Wildman–Crippen MR) is 223 cm³/mol. The maximum atomic E-state index is 14.0. The third-order valence-electron chi connectivity index (χ3n) is 10.2. The maximum absolute atomic E-state index is 14.0. The van der Waals surface area contributed by atoms with Gasteiger partial charge in [0.25, 0.3) is 0 Å². The van der Waals surface area contributed by atoms with Crippen LogP contribution in [-0.2, 0) is 35.0 Å². The van der Waals surface area contributed by atoms with Gasteiger partial charge in [-0.05, 0) is 59.1 Å². The highest BCUT2D eigenvalue weighted by molar-refractivity contribution is 5.86. The highest BCUT2D eigenvalue weighted by atomic mass is 16.6. The number of aliphatic hydroxyl groups is 1. The molecule has 11 nitrogen and oxygen atoms in total. The lowest BCUT2D eigenvalue weighted by Crippen LogP contribution is -2.49. The van der Waals surface area contributed by atoms with E-state index in [4.69, 9.17) is 14.2 Å². The van der Waals surface area contributed by atoms with E-state index in [9.17, 15) is 24.3 Å². The lowest BCUT2D eigenvalue weighted by Gasteiger charge is -2.30. The molecule has 1 aliphatic carbocycles. The van der Waals surface area contributed by atoms with E-state index in [0.29, 0.717) is 18.4 Å². The first-order valence-corrected chi connectivity index (χ1v) is 19.6. The second kappa shape index (κ2) is 22.0. The van der Waals surface area contributed by atoms with E-state index in [1.807, 2.05) is 72.8 Å². The molecular weight excluding hydrogens is 735 g/mol. The zero-order valence-corrected chi connectivity index (χ0v) is 32.9. The minimum atomic E-state index is -1.11. The summed E-state index contributed by atoms with van der Waals surface area (Å²) >= 11 is 0. The third kappa shape index (κ3) is 11.7. The van der Waals surface area contributed by atoms with Gasteiger partial charge in [-0.3, -0.25) is 9.59 Å². The number of rotatable bonds is 22. The number of nitrogens with one attached hydrogen (secondary N) is 3. The molecule has 0 fully saturated rings. The van der Waals surface area contributed by atoms with Crippen molar-refractivity contribution in [3.63, 3.8) is 0 Å². The van der Waals surface area contributed by atoms with Crippen molar-refractivity contribution < 1.29 is 38.5 Å². The lowest BCUT2D eigenvalue weighted by molar-refractivity contribution is -0.155. The number of hydrogen-bond donors (Lipinski definition) is 4. The van der Waals surface area contributed by atoms with Crippen molar-refractivity contribution in [2.45, 2.75) is 62.3 Å². The van der Waals surface area contributed by atoms with E-state index in [2.05, 4.69) is 41.2 Å². The van der Waals surface area contributed by atoms with Gasteiger partial charge in [-0.15, -0.1) is 13.2 Å². The molecule has 4 aromatic rings. The number of carbonyl (C=O) groups is 4. The molecule has 0 bridgehead atoms. The van der Waals surface area contributed by atoms with Gasteiger partial charge >= 0.3 is 12.1 Å². The van der Waals surface area contributed by atoms with Crippen LogP contribution in [-0.4, -0.2) is 74.0 Å². The number of hydrogen-bond acceptors (Lipinski definition) is 8. The first-order chi connectivity index (χ1) is 28.3. The van der Waals surface area contributed by atoms with Gasteiger partial charge in [0.05, 0.1) is 31.2 Å². The fourth-order valence-electron chi connectivity index (χ4n) is 7.29. The van der Waals surface area contributed by atoms with Crippen LogP contribution >= 0.6 is 0 Å². The van der Waals surface area contributed by atoms with Crippen LogP contribution in [0.2, 0.25) is 0 Å². The highest BCUT2D eigenvalue weighted by Crippen LogP contribution is 2.44. The third-order valence-corrected chi connectivity index (χ3v) is 10.2. The zero-order chi connectivity index (χ0) is 41.3. The summed E-state index contributed by atoms with van der Waals surface area (Å²) in [5.41, 5.74) is 5.83. The molecule has 0 spiro atoms. The van der Waals surface area contributed by atoms with Crippen molar-refractivity contribution in [3.8, 4) is 11.1 Å². The Morgan fingerprint density at radius 3 is 2.02 bits per heavy atom. The lowest BCUT2D eigenvalue weighted by atomic mass is 9.97. The molecule has 0 unspecified atom stereocenters. The van der Waals surface area contributed by atoms with E-state index in [-0.39, 0.29) is 45.0 Å². The molecule has 0 heterocycles. The molecule has 3 amide bonds. The number of ether oxygens (including phenoxy) is 3. The Balaban J connectivity index is 1.27. The van der Waals surface area contributed by atoms with Gasteiger partial charge < -0.3 is 35.3 Å². The van der Waals surface area contributed by atoms with Crippen molar-refractivity contribution in [2.75, 3.05) is 26.9 Å². The fourth-order valence-corrected chi connectivity index (χ4v) is 7.29. The van der Waals surface area contributed by atoms with Gasteiger partial charge in [-0.2, -0.15) is 0 Å². The molecule has 0 saturated heterocycles. The number of methoxy groups -OCH3 is 1. The van der Waals surface area contributed by atoms with Gasteiger partial charge in [0.2, 0.25) is 11.8 Å². The van der Waals surface area contributed by atoms with Gasteiger partial charge in [0, 0.05) is 19.4 Å². The number of carbonyl (C=O) groups excluding carboxylic acids is 4. The number of fused-ring (bicyclic) bond motifs is 3. The second-order valence-electron chi connectivity index (χ2n) is 14.3. The number of benzene rings is 4. The molecule has 0 radical (unpaired) electrons. The SMILES string of the molecule is C=CCC[C@H](NC(=O)OCC1c2ccccc2-c2ccccc21)C(=O)O[C@@H](c1ccccc1)[C@H](COC)NC(=O)[C@@H](CC=C)CC(=O)N[C@H](CO)Cc1ccccc1. The molecule has 4 N–H and O–H groups in total. The summed E-state index contributed by atoms with van der Waals surface area (Å²) in [6.45, 7) is 7.31. The van der Waals surface area contributed by atoms with Crippen molar-refractivity contribution in [3.05, 3.63) is 157 Å². The molecule has 11 heteroatoms. The van der Waals surface area contributed by atoms with Crippen molar-refractivity contribution in [1.82, 2.24) is 16.0 Å². The highest BCUT2D eigenvalue weighted by Gasteiger charge is 2.35. The summed E-state index contributed by atoms with van der Waals surface area (Å²) in [5.74, 6) is -2.61. The van der Waals surface area contributed by atoms with Crippen LogP contribution in [0.25, 0.3) is 11.1 Å². The summed E-state index contributed by atoms with van der Waals surface area (Å²) in [5, 5.41) is 18.5. The first-order valence-electron chi connectivity index (χ1n) is 19.6. The molecule has 5 rings (SSSR count). The summed E-state index contributed by atoms with van der Waals surface area (Å²) < 4.78 is 17.4. The van der Waals surface area contributed by atoms with Gasteiger partial charge in [-0.1, -0.05) is 121 Å². The topological polar surface area (TPSA) is 152 Å². The number of aliphatic hydroxyl groups excluding tert-OH is 1. The molecule has 0 aliphatic heterocycles. The summed E-state index contributed by atoms with van der Waals surface area (Å²) in [4.78, 5) is 54.5. The molecule has 0 aromatic heterocycles. The largest absolute Gasteiger partial charge is 0.454 e. The second-order valence-corrected chi connectivity index (χ2v) is 14.3. The molecule has 4 aromatic carbocycles. The van der Waals surface area contributed by atoms with Gasteiger partial charge in [-0.25, -0.2) is 9.59 Å². The van der Waals surface area contributed by atoms with Crippen LogP contribution in [0.4, 0.5) is 4.79 Å². The number of allylic oxidation sites excluding steroid dienone is 2. The predicted octanol–water partition coefficient (Wildman–Crippen LogP) is 6.58. The van der Waals surface area contributed by atoms with E-state index in [1.165, 1.54) is 7.11 Å². The Labute approximate surface area is 340 Å². The Morgan fingerprint density at radius 1 is 0.793 bits per heavy atom. The summed E-state index contributed by atoms with van der Waals surface area (Å²) in [7, 11) is 1.46. The summed E-state index contributed by atoms with van der Waals surface area (Å²) in [6, 6.07) is 31.9. The van der Waals surface area contributed by atoms with Crippen LogP contribution in [0, 0.1) is 5.92 Å². The monoisotopic (exact) mass is 787 g/mol. The van der Waals surface area contributed by atoms with Crippen molar-refractivity contribution >= 4 is 23.9 Å². The Morgan fingerprint density at radius 2 is 1.41 bits per heavy atom. The minimum absolute atomic E-state index is 0.0492. The average molecular weight is 788 g/mol. The normalized spacial score (nSPS) is 14.3. The Hall–Kier alpha value is -6.04. The number of esters is 1. The first kappa shape index (κ1) is 43.1. The van der Waals surface area contributed by atoms with Crippen LogP contribution in [0.1, 0.15) is 60.0 Å². The molecule has 0 saturated carbocycles. The average Bonchev–Trinajstić information content (AvgIpc) is 3.56. The quantitative estimate of drug-likeness (QED) is 0.0516. The molecule has 5 atom stereocenters. The zero-order valence-electron chi connectivity index (χ0n) is 32.9. The number of amides is 3. The van der Waals surface area contributed by atoms with Crippen LogP contribution < -0.4 is 16.0 Å². The number of alkyl carbamates (subject to hydrolysis) is 1. The van der Waals surface area contributed by atoms with Crippen LogP contribution in [0.15, 0.2) is 135 Å². The van der Waals surface area contributed by atoms with Gasteiger partial charge in [0.15, 0.2) is 0 Å². The molecule has 1 aliphatic rings. The van der Waals surface area contributed by atoms with Crippen molar-refractivity contribution in [2.24, 2.45) is 5.92 Å². The van der Waals surface area contributed by atoms with E-state index >= 15 is 0 Å². The van der Waals surface area contributed by atoms with Crippen molar-refractivity contribution in [1.29, 1.82) is 0 Å². The maximum Gasteiger partial charge on any atom is 0.407 e. The molecular formula is C47H53N3O8. The smallest absolute Gasteiger partial charge is 0.407 e. The van der Waals surface area contributed by atoms with Crippen LogP contribution in [0.3, 0.4) is 0 Å². The molecule has 58 heavy (non-hydrogen) atoms. The van der Waals surface area contributed by atoms with E-state index < -0.39 is 54.0 Å². The Bertz CT molecular complexity index is 1940. The summed E-state index contributed by atoms with van der Waals surface area (Å²) in [6.07, 6.45) is 2.39. The standard InChI is InChI=1S/C47H53N3O8/c1-4-6-26-41(50-47(55)57-30-40-38-24-15-13-22-36(38)37-23-14-16-25-39(37)40)46(54)58-44(33-20-11-8-12-21-33)42(31-56-3)49-45(53)34(17-5-2)28-43(52)48-35(29-51)27-32-18-9-7-10-19-32/h4-5,7-16,18-25,34-35,40-42,44,51H,1-2,6,17,26-31H2,3H3,(H,48,52)(H,49,53)(H,50,55)/t34-,35-,41-,42-,44-/m0/s1.